The number of ketones is 1. The molecule has 0 radical (unpaired) electrons. The molecule has 0 saturated carbocycles. The van der Waals surface area contributed by atoms with E-state index in [1.807, 2.05) is 38.4 Å². The van der Waals surface area contributed by atoms with Gasteiger partial charge in [0.1, 0.15) is 0 Å². The van der Waals surface area contributed by atoms with Crippen LogP contribution in [-0.4, -0.2) is 60.0 Å². The standard InChI is InChI=1S/C19H20Cl2N2O.C2H2O4/c1-23(2)12-11-22-18-6-4-3-5-16(18)19(24)10-8-14-7-9-15(20)13-17(14)21;3-1(4)2(5)6/h3-10,13,22H,11-12H2,1-2H3;(H,3,4)(H,5,6)/b10-8+;. The van der Waals surface area contributed by atoms with Crippen LogP contribution in [0.4, 0.5) is 5.69 Å². The van der Waals surface area contributed by atoms with Crippen LogP contribution in [0, 0.1) is 0 Å². The minimum atomic E-state index is -1.82. The third-order valence-electron chi connectivity index (χ3n) is 3.63. The van der Waals surface area contributed by atoms with E-state index in [0.29, 0.717) is 15.6 Å². The summed E-state index contributed by atoms with van der Waals surface area (Å²) in [6.45, 7) is 1.66. The van der Waals surface area contributed by atoms with E-state index >= 15 is 0 Å². The molecule has 0 aliphatic heterocycles. The zero-order valence-electron chi connectivity index (χ0n) is 16.4. The Bertz CT molecular complexity index is 917. The highest BCUT2D eigenvalue weighted by atomic mass is 35.5. The lowest BCUT2D eigenvalue weighted by Crippen LogP contribution is -2.21. The summed E-state index contributed by atoms with van der Waals surface area (Å²) in [4.78, 5) is 32.8. The molecule has 2 aromatic rings. The third-order valence-corrected chi connectivity index (χ3v) is 4.19. The Morgan fingerprint density at radius 3 is 2.23 bits per heavy atom. The number of hydrogen-bond acceptors (Lipinski definition) is 5. The fraction of sp³-hybridized carbons (Fsp3) is 0.190. The molecule has 0 bridgehead atoms. The van der Waals surface area contributed by atoms with Crippen molar-refractivity contribution in [2.24, 2.45) is 0 Å². The fourth-order valence-corrected chi connectivity index (χ4v) is 2.63. The molecule has 9 heteroatoms. The number of nitrogens with one attached hydrogen (secondary N) is 1. The number of allylic oxidation sites excluding steroid dienone is 1. The Hall–Kier alpha value is -2.87. The van der Waals surface area contributed by atoms with Crippen molar-refractivity contribution in [1.29, 1.82) is 0 Å². The summed E-state index contributed by atoms with van der Waals surface area (Å²) < 4.78 is 0. The van der Waals surface area contributed by atoms with Crippen molar-refractivity contribution in [3.8, 4) is 0 Å². The molecule has 0 aliphatic rings. The molecule has 0 aromatic heterocycles. The molecule has 0 amide bonds. The van der Waals surface area contributed by atoms with Gasteiger partial charge < -0.3 is 20.4 Å². The van der Waals surface area contributed by atoms with Crippen LogP contribution in [0.15, 0.2) is 48.5 Å². The van der Waals surface area contributed by atoms with E-state index in [-0.39, 0.29) is 5.78 Å². The number of benzene rings is 2. The van der Waals surface area contributed by atoms with Gasteiger partial charge in [-0.15, -0.1) is 0 Å². The average Bonchev–Trinajstić information content (AvgIpc) is 2.67. The van der Waals surface area contributed by atoms with Crippen molar-refractivity contribution in [1.82, 2.24) is 4.90 Å². The number of anilines is 1. The molecule has 0 unspecified atom stereocenters. The minimum Gasteiger partial charge on any atom is -0.473 e. The van der Waals surface area contributed by atoms with Crippen LogP contribution in [0.5, 0.6) is 0 Å². The normalized spacial score (nSPS) is 10.4. The van der Waals surface area contributed by atoms with Crippen LogP contribution in [-0.2, 0) is 9.59 Å². The molecular formula is C21H22Cl2N2O5. The summed E-state index contributed by atoms with van der Waals surface area (Å²) in [5.41, 5.74) is 2.22. The zero-order chi connectivity index (χ0) is 22.7. The van der Waals surface area contributed by atoms with Gasteiger partial charge in [0.2, 0.25) is 0 Å². The predicted molar refractivity (Wildman–Crippen MR) is 119 cm³/mol. The van der Waals surface area contributed by atoms with E-state index in [2.05, 4.69) is 10.2 Å². The van der Waals surface area contributed by atoms with Gasteiger partial charge in [0.25, 0.3) is 0 Å². The van der Waals surface area contributed by atoms with Gasteiger partial charge in [0.05, 0.1) is 0 Å². The van der Waals surface area contributed by atoms with Gasteiger partial charge in [-0.25, -0.2) is 9.59 Å². The lowest BCUT2D eigenvalue weighted by atomic mass is 10.1. The molecule has 0 atom stereocenters. The Morgan fingerprint density at radius 1 is 1.03 bits per heavy atom. The molecule has 3 N–H and O–H groups in total. The summed E-state index contributed by atoms with van der Waals surface area (Å²) in [6.07, 6.45) is 3.24. The van der Waals surface area contributed by atoms with Gasteiger partial charge in [-0.3, -0.25) is 4.79 Å². The molecule has 2 aromatic carbocycles. The maximum absolute atomic E-state index is 12.5. The highest BCUT2D eigenvalue weighted by Crippen LogP contribution is 2.23. The number of aliphatic carboxylic acids is 2. The lowest BCUT2D eigenvalue weighted by Gasteiger charge is -2.13. The first-order chi connectivity index (χ1) is 14.1. The van der Waals surface area contributed by atoms with Gasteiger partial charge in [0.15, 0.2) is 5.78 Å². The molecule has 0 spiro atoms. The van der Waals surface area contributed by atoms with Gasteiger partial charge >= 0.3 is 11.9 Å². The van der Waals surface area contributed by atoms with Crippen LogP contribution in [0.3, 0.4) is 0 Å². The Morgan fingerprint density at radius 2 is 1.67 bits per heavy atom. The van der Waals surface area contributed by atoms with Crippen molar-refractivity contribution in [3.05, 3.63) is 69.7 Å². The first kappa shape index (κ1) is 25.2. The van der Waals surface area contributed by atoms with E-state index < -0.39 is 11.9 Å². The molecule has 0 saturated heterocycles. The van der Waals surface area contributed by atoms with E-state index in [1.54, 1.807) is 24.3 Å². The second kappa shape index (κ2) is 12.6. The SMILES string of the molecule is CN(C)CCNc1ccccc1C(=O)/C=C/c1ccc(Cl)cc1Cl.O=C(O)C(=O)O. The Balaban J connectivity index is 0.000000656. The fourth-order valence-electron chi connectivity index (χ4n) is 2.16. The van der Waals surface area contributed by atoms with E-state index in [9.17, 15) is 4.79 Å². The number of halogens is 2. The number of carbonyl (C=O) groups excluding carboxylic acids is 1. The molecular weight excluding hydrogens is 431 g/mol. The molecule has 0 heterocycles. The first-order valence-corrected chi connectivity index (χ1v) is 9.48. The van der Waals surface area contributed by atoms with E-state index in [4.69, 9.17) is 43.0 Å². The van der Waals surface area contributed by atoms with E-state index in [0.717, 1.165) is 24.3 Å². The number of likely N-dealkylation sites (N-methyl/N-ethyl adjacent to an activating group) is 1. The Kier molecular flexibility index (Phi) is 10.6. The maximum Gasteiger partial charge on any atom is 0.414 e. The zero-order valence-corrected chi connectivity index (χ0v) is 17.9. The summed E-state index contributed by atoms with van der Waals surface area (Å²) >= 11 is 12.0. The third kappa shape index (κ3) is 9.09. The van der Waals surface area contributed by atoms with Crippen LogP contribution < -0.4 is 5.32 Å². The van der Waals surface area contributed by atoms with Gasteiger partial charge in [-0.05, 0) is 56.1 Å². The lowest BCUT2D eigenvalue weighted by molar-refractivity contribution is -0.159. The van der Waals surface area contributed by atoms with Crippen molar-refractivity contribution in [2.75, 3.05) is 32.5 Å². The second-order valence-electron chi connectivity index (χ2n) is 6.25. The summed E-state index contributed by atoms with van der Waals surface area (Å²) in [5, 5.41) is 19.2. The molecule has 30 heavy (non-hydrogen) atoms. The first-order valence-electron chi connectivity index (χ1n) is 8.73. The van der Waals surface area contributed by atoms with Gasteiger partial charge in [0, 0.05) is 34.4 Å². The van der Waals surface area contributed by atoms with Crippen molar-refractivity contribution in [3.63, 3.8) is 0 Å². The van der Waals surface area contributed by atoms with Crippen molar-refractivity contribution >= 4 is 52.7 Å². The highest BCUT2D eigenvalue weighted by Gasteiger charge is 2.08. The van der Waals surface area contributed by atoms with Crippen molar-refractivity contribution in [2.45, 2.75) is 0 Å². The number of rotatable bonds is 7. The average molecular weight is 453 g/mol. The topological polar surface area (TPSA) is 107 Å². The van der Waals surface area contributed by atoms with Gasteiger partial charge in [-0.2, -0.15) is 0 Å². The second-order valence-corrected chi connectivity index (χ2v) is 7.09. The maximum atomic E-state index is 12.5. The number of carboxylic acids is 2. The van der Waals surface area contributed by atoms with Crippen LogP contribution in [0.25, 0.3) is 6.08 Å². The molecule has 0 aliphatic carbocycles. The van der Waals surface area contributed by atoms with Crippen molar-refractivity contribution < 1.29 is 24.6 Å². The van der Waals surface area contributed by atoms with Crippen LogP contribution in [0.2, 0.25) is 10.0 Å². The summed E-state index contributed by atoms with van der Waals surface area (Å²) in [7, 11) is 4.02. The minimum absolute atomic E-state index is 0.0750. The number of hydrogen-bond donors (Lipinski definition) is 3. The summed E-state index contributed by atoms with van der Waals surface area (Å²) in [6, 6.07) is 12.7. The number of carboxylic acid groups (broad SMARTS) is 2. The quantitative estimate of drug-likeness (QED) is 0.330. The Labute approximate surface area is 184 Å². The molecule has 7 nitrogen and oxygen atoms in total. The molecule has 160 valence electrons. The monoisotopic (exact) mass is 452 g/mol. The molecule has 2 rings (SSSR count). The summed E-state index contributed by atoms with van der Waals surface area (Å²) in [5.74, 6) is -3.72. The van der Waals surface area contributed by atoms with Gasteiger partial charge in [-0.1, -0.05) is 41.4 Å². The highest BCUT2D eigenvalue weighted by molar-refractivity contribution is 6.35. The number of nitrogens with zero attached hydrogens (tertiary/aromatic N) is 1. The number of para-hydroxylation sites is 1. The largest absolute Gasteiger partial charge is 0.473 e. The number of carbonyl (C=O) groups is 3. The predicted octanol–water partition coefficient (Wildman–Crippen LogP) is 4.02. The van der Waals surface area contributed by atoms with E-state index in [1.165, 1.54) is 6.08 Å². The van der Waals surface area contributed by atoms with Crippen LogP contribution >= 0.6 is 23.2 Å². The van der Waals surface area contributed by atoms with Crippen LogP contribution in [0.1, 0.15) is 15.9 Å². The molecule has 0 fully saturated rings. The smallest absolute Gasteiger partial charge is 0.414 e.